The van der Waals surface area contributed by atoms with Gasteiger partial charge in [-0.3, -0.25) is 4.79 Å². The number of methoxy groups -OCH3 is 1. The first-order valence-corrected chi connectivity index (χ1v) is 5.48. The van der Waals surface area contributed by atoms with Gasteiger partial charge in [0.15, 0.2) is 0 Å². The first-order chi connectivity index (χ1) is 8.54. The summed E-state index contributed by atoms with van der Waals surface area (Å²) >= 11 is 5.72. The molecule has 0 aliphatic carbocycles. The van der Waals surface area contributed by atoms with Crippen LogP contribution in [0.25, 0.3) is 0 Å². The van der Waals surface area contributed by atoms with E-state index in [9.17, 15) is 14.0 Å². The Labute approximate surface area is 108 Å². The number of para-hydroxylation sites is 1. The Morgan fingerprint density at radius 3 is 2.78 bits per heavy atom. The van der Waals surface area contributed by atoms with Gasteiger partial charge in [-0.2, -0.15) is 0 Å². The van der Waals surface area contributed by atoms with Crippen LogP contribution in [0.1, 0.15) is 6.42 Å². The number of carbonyl (C=O) groups excluding carboxylic acids is 2. The number of amides is 2. The normalized spacial score (nSPS) is 9.72. The molecule has 7 heteroatoms. The number of rotatable bonds is 4. The molecule has 0 saturated heterocycles. The van der Waals surface area contributed by atoms with Gasteiger partial charge in [0, 0.05) is 6.54 Å². The number of urea groups is 1. The third kappa shape index (κ3) is 4.21. The maximum Gasteiger partial charge on any atom is 0.319 e. The van der Waals surface area contributed by atoms with Crippen molar-refractivity contribution >= 4 is 29.3 Å². The van der Waals surface area contributed by atoms with Gasteiger partial charge in [-0.15, -0.1) is 0 Å². The number of halogens is 2. The zero-order valence-corrected chi connectivity index (χ0v) is 10.4. The molecule has 0 atom stereocenters. The number of hydrogen-bond donors (Lipinski definition) is 2. The molecule has 0 aliphatic heterocycles. The van der Waals surface area contributed by atoms with E-state index in [1.54, 1.807) is 0 Å². The number of benzene rings is 1. The average molecular weight is 275 g/mol. The van der Waals surface area contributed by atoms with Crippen molar-refractivity contribution in [2.24, 2.45) is 0 Å². The Hall–Kier alpha value is -1.82. The molecular formula is C11H12ClFN2O3. The van der Waals surface area contributed by atoms with Gasteiger partial charge in [0.2, 0.25) is 0 Å². The van der Waals surface area contributed by atoms with Gasteiger partial charge in [0.05, 0.1) is 24.2 Å². The van der Waals surface area contributed by atoms with E-state index in [0.717, 1.165) is 0 Å². The monoisotopic (exact) mass is 274 g/mol. The Balaban J connectivity index is 2.47. The predicted molar refractivity (Wildman–Crippen MR) is 65.1 cm³/mol. The predicted octanol–water partition coefficient (Wildman–Crippen LogP) is 2.16. The molecule has 0 fully saturated rings. The van der Waals surface area contributed by atoms with Crippen molar-refractivity contribution in [2.75, 3.05) is 19.0 Å². The molecule has 0 unspecified atom stereocenters. The van der Waals surface area contributed by atoms with E-state index >= 15 is 0 Å². The van der Waals surface area contributed by atoms with E-state index in [2.05, 4.69) is 15.4 Å². The minimum absolute atomic E-state index is 0.0366. The second kappa shape index (κ2) is 6.80. The van der Waals surface area contributed by atoms with Crippen LogP contribution < -0.4 is 10.6 Å². The van der Waals surface area contributed by atoms with Gasteiger partial charge < -0.3 is 15.4 Å². The van der Waals surface area contributed by atoms with Crippen molar-refractivity contribution < 1.29 is 18.7 Å². The van der Waals surface area contributed by atoms with Crippen molar-refractivity contribution in [1.29, 1.82) is 0 Å². The Kier molecular flexibility index (Phi) is 5.38. The highest BCUT2D eigenvalue weighted by atomic mass is 35.5. The number of hydrogen-bond acceptors (Lipinski definition) is 3. The lowest BCUT2D eigenvalue weighted by Crippen LogP contribution is -2.31. The Morgan fingerprint density at radius 2 is 2.17 bits per heavy atom. The van der Waals surface area contributed by atoms with E-state index in [-0.39, 0.29) is 23.7 Å². The number of nitrogens with one attached hydrogen (secondary N) is 2. The van der Waals surface area contributed by atoms with Crippen LogP contribution in [-0.2, 0) is 9.53 Å². The lowest BCUT2D eigenvalue weighted by Gasteiger charge is -2.09. The number of carbonyl (C=O) groups is 2. The molecule has 0 radical (unpaired) electrons. The smallest absolute Gasteiger partial charge is 0.319 e. The fourth-order valence-electron chi connectivity index (χ4n) is 1.16. The first-order valence-electron chi connectivity index (χ1n) is 5.10. The molecule has 18 heavy (non-hydrogen) atoms. The topological polar surface area (TPSA) is 67.4 Å². The molecule has 98 valence electrons. The largest absolute Gasteiger partial charge is 0.469 e. The average Bonchev–Trinajstić information content (AvgIpc) is 2.34. The molecule has 5 nitrogen and oxygen atoms in total. The maximum absolute atomic E-state index is 13.3. The molecule has 0 bridgehead atoms. The minimum atomic E-state index is -0.647. The summed E-state index contributed by atoms with van der Waals surface area (Å²) in [5, 5.41) is 4.73. The zero-order valence-electron chi connectivity index (χ0n) is 9.63. The van der Waals surface area contributed by atoms with Gasteiger partial charge in [-0.1, -0.05) is 17.7 Å². The number of anilines is 1. The van der Waals surface area contributed by atoms with Gasteiger partial charge in [-0.05, 0) is 12.1 Å². The van der Waals surface area contributed by atoms with E-state index in [1.165, 1.54) is 25.3 Å². The van der Waals surface area contributed by atoms with Gasteiger partial charge in [0.1, 0.15) is 5.82 Å². The molecule has 2 N–H and O–H groups in total. The van der Waals surface area contributed by atoms with Crippen molar-refractivity contribution in [3.63, 3.8) is 0 Å². The van der Waals surface area contributed by atoms with E-state index < -0.39 is 17.8 Å². The summed E-state index contributed by atoms with van der Waals surface area (Å²) in [5.41, 5.74) is -0.102. The maximum atomic E-state index is 13.3. The van der Waals surface area contributed by atoms with E-state index in [1.807, 2.05) is 0 Å². The number of ether oxygens (including phenoxy) is 1. The van der Waals surface area contributed by atoms with E-state index in [4.69, 9.17) is 11.6 Å². The van der Waals surface area contributed by atoms with Crippen molar-refractivity contribution in [3.8, 4) is 0 Å². The summed E-state index contributed by atoms with van der Waals surface area (Å²) in [7, 11) is 1.25. The second-order valence-electron chi connectivity index (χ2n) is 3.30. The summed E-state index contributed by atoms with van der Waals surface area (Å²) in [6.45, 7) is 0.0879. The van der Waals surface area contributed by atoms with Gasteiger partial charge in [0.25, 0.3) is 0 Å². The standard InChI is InChI=1S/C11H12ClFN2O3/c1-18-9(16)5-6-14-11(17)15-10-7(12)3-2-4-8(10)13/h2-4H,5-6H2,1H3,(H2,14,15,17). The Bertz CT molecular complexity index is 434. The molecule has 0 spiro atoms. The molecule has 2 amide bonds. The lowest BCUT2D eigenvalue weighted by atomic mass is 10.3. The molecular weight excluding hydrogens is 263 g/mol. The third-order valence-electron chi connectivity index (χ3n) is 2.04. The molecule has 1 aromatic rings. The van der Waals surface area contributed by atoms with Gasteiger partial charge >= 0.3 is 12.0 Å². The molecule has 1 aromatic carbocycles. The highest BCUT2D eigenvalue weighted by molar-refractivity contribution is 6.33. The fourth-order valence-corrected chi connectivity index (χ4v) is 1.37. The van der Waals surface area contributed by atoms with Crippen LogP contribution in [0.15, 0.2) is 18.2 Å². The van der Waals surface area contributed by atoms with Crippen molar-refractivity contribution in [3.05, 3.63) is 29.0 Å². The summed E-state index contributed by atoms with van der Waals surface area (Å²) in [4.78, 5) is 22.2. The van der Waals surface area contributed by atoms with Crippen LogP contribution in [0.5, 0.6) is 0 Å². The quantitative estimate of drug-likeness (QED) is 0.827. The zero-order chi connectivity index (χ0) is 13.5. The van der Waals surface area contributed by atoms with Crippen LogP contribution >= 0.6 is 11.6 Å². The second-order valence-corrected chi connectivity index (χ2v) is 3.71. The molecule has 0 saturated carbocycles. The van der Waals surface area contributed by atoms with Crippen LogP contribution in [0.2, 0.25) is 5.02 Å². The van der Waals surface area contributed by atoms with Crippen molar-refractivity contribution in [1.82, 2.24) is 5.32 Å². The lowest BCUT2D eigenvalue weighted by molar-refractivity contribution is -0.140. The molecule has 0 aliphatic rings. The Morgan fingerprint density at radius 1 is 1.44 bits per heavy atom. The summed E-state index contributed by atoms with van der Waals surface area (Å²) in [6, 6.07) is 3.41. The summed E-state index contributed by atoms with van der Waals surface area (Å²) in [5.74, 6) is -1.08. The number of esters is 1. The molecule has 1 rings (SSSR count). The van der Waals surface area contributed by atoms with E-state index in [0.29, 0.717) is 0 Å². The van der Waals surface area contributed by atoms with Crippen LogP contribution in [0.4, 0.5) is 14.9 Å². The highest BCUT2D eigenvalue weighted by Gasteiger charge is 2.10. The fraction of sp³-hybridized carbons (Fsp3) is 0.273. The van der Waals surface area contributed by atoms with Crippen molar-refractivity contribution in [2.45, 2.75) is 6.42 Å². The van der Waals surface area contributed by atoms with Crippen LogP contribution in [0, 0.1) is 5.82 Å². The first kappa shape index (κ1) is 14.2. The summed E-state index contributed by atoms with van der Waals surface area (Å²) in [6.07, 6.45) is 0.0366. The highest BCUT2D eigenvalue weighted by Crippen LogP contribution is 2.24. The van der Waals surface area contributed by atoms with Crippen LogP contribution in [-0.4, -0.2) is 25.7 Å². The summed E-state index contributed by atoms with van der Waals surface area (Å²) < 4.78 is 17.7. The minimum Gasteiger partial charge on any atom is -0.469 e. The van der Waals surface area contributed by atoms with Gasteiger partial charge in [-0.25, -0.2) is 9.18 Å². The third-order valence-corrected chi connectivity index (χ3v) is 2.36. The molecule has 0 heterocycles. The van der Waals surface area contributed by atoms with Crippen LogP contribution in [0.3, 0.4) is 0 Å². The SMILES string of the molecule is COC(=O)CCNC(=O)Nc1c(F)cccc1Cl. The molecule has 0 aromatic heterocycles.